The molecule has 1 aromatic heterocycles. The summed E-state index contributed by atoms with van der Waals surface area (Å²) in [6.45, 7) is 4.65. The van der Waals surface area contributed by atoms with E-state index in [0.29, 0.717) is 51.1 Å². The lowest BCUT2D eigenvalue weighted by molar-refractivity contribution is -0.132. The van der Waals surface area contributed by atoms with Crippen molar-refractivity contribution in [2.75, 3.05) is 32.7 Å². The Kier molecular flexibility index (Phi) is 7.05. The van der Waals surface area contributed by atoms with Crippen LogP contribution < -0.4 is 5.32 Å². The number of aryl methyl sites for hydroxylation is 1. The van der Waals surface area contributed by atoms with Gasteiger partial charge in [-0.3, -0.25) is 14.4 Å². The summed E-state index contributed by atoms with van der Waals surface area (Å²) < 4.78 is 5.02. The average molecular weight is 397 g/mol. The number of carbonyl (C=O) groups is 3. The second-order valence-electron chi connectivity index (χ2n) is 7.06. The molecular formula is C22H27N3O4. The van der Waals surface area contributed by atoms with Crippen LogP contribution in [0.25, 0.3) is 0 Å². The van der Waals surface area contributed by atoms with Crippen molar-refractivity contribution in [3.05, 3.63) is 59.5 Å². The summed E-state index contributed by atoms with van der Waals surface area (Å²) in [7, 11) is 0. The van der Waals surface area contributed by atoms with Gasteiger partial charge in [-0.05, 0) is 42.7 Å². The van der Waals surface area contributed by atoms with Crippen molar-refractivity contribution in [2.45, 2.75) is 26.2 Å². The van der Waals surface area contributed by atoms with Gasteiger partial charge >= 0.3 is 0 Å². The molecule has 0 atom stereocenters. The zero-order valence-corrected chi connectivity index (χ0v) is 16.7. The van der Waals surface area contributed by atoms with Crippen molar-refractivity contribution >= 4 is 17.7 Å². The fraction of sp³-hybridized carbons (Fsp3) is 0.409. The quantitative estimate of drug-likeness (QED) is 0.727. The zero-order valence-electron chi connectivity index (χ0n) is 16.7. The number of nitrogens with one attached hydrogen (secondary N) is 1. The Morgan fingerprint density at radius 1 is 1.00 bits per heavy atom. The zero-order chi connectivity index (χ0) is 20.6. The number of hydrogen-bond donors (Lipinski definition) is 1. The van der Waals surface area contributed by atoms with E-state index in [1.165, 1.54) is 11.8 Å². The molecule has 2 heterocycles. The summed E-state index contributed by atoms with van der Waals surface area (Å²) in [5.74, 6) is 0.0556. The molecule has 1 aromatic carbocycles. The second-order valence-corrected chi connectivity index (χ2v) is 7.06. The standard InChI is InChI=1S/C22H27N3O4/c1-2-17-7-9-18(10-8-17)22(28)25-14-12-24(13-15-25)20(26)6-3-11-23-21(27)19-5-4-16-29-19/h4-5,7-10,16H,2-3,6,11-15H2,1H3,(H,23,27). The summed E-state index contributed by atoms with van der Waals surface area (Å²) in [5.41, 5.74) is 1.89. The first-order valence-corrected chi connectivity index (χ1v) is 10.1. The molecule has 1 fully saturated rings. The molecule has 1 aliphatic heterocycles. The molecule has 0 unspecified atom stereocenters. The minimum Gasteiger partial charge on any atom is -0.459 e. The lowest BCUT2D eigenvalue weighted by atomic mass is 10.1. The molecule has 0 bridgehead atoms. The van der Waals surface area contributed by atoms with Gasteiger partial charge in [-0.2, -0.15) is 0 Å². The Balaban J connectivity index is 1.37. The molecule has 3 rings (SSSR count). The van der Waals surface area contributed by atoms with Crippen LogP contribution in [0.4, 0.5) is 0 Å². The highest BCUT2D eigenvalue weighted by Gasteiger charge is 2.24. The van der Waals surface area contributed by atoms with Crippen molar-refractivity contribution in [3.63, 3.8) is 0 Å². The third-order valence-electron chi connectivity index (χ3n) is 5.13. The van der Waals surface area contributed by atoms with Crippen molar-refractivity contribution in [3.8, 4) is 0 Å². The van der Waals surface area contributed by atoms with Crippen molar-refractivity contribution < 1.29 is 18.8 Å². The van der Waals surface area contributed by atoms with Gasteiger partial charge in [0.2, 0.25) is 5.91 Å². The van der Waals surface area contributed by atoms with E-state index < -0.39 is 0 Å². The minimum absolute atomic E-state index is 0.0143. The summed E-state index contributed by atoms with van der Waals surface area (Å²) in [6, 6.07) is 11.0. The number of benzene rings is 1. The molecule has 29 heavy (non-hydrogen) atoms. The first kappa shape index (κ1) is 20.6. The van der Waals surface area contributed by atoms with Crippen LogP contribution in [0.3, 0.4) is 0 Å². The average Bonchev–Trinajstić information content (AvgIpc) is 3.31. The molecule has 0 saturated carbocycles. The SMILES string of the molecule is CCc1ccc(C(=O)N2CCN(C(=O)CCCNC(=O)c3ccco3)CC2)cc1. The maximum absolute atomic E-state index is 12.6. The lowest BCUT2D eigenvalue weighted by Gasteiger charge is -2.35. The molecular weight excluding hydrogens is 370 g/mol. The van der Waals surface area contributed by atoms with E-state index in [0.717, 1.165) is 6.42 Å². The fourth-order valence-electron chi connectivity index (χ4n) is 3.32. The number of amides is 3. The van der Waals surface area contributed by atoms with Crippen LogP contribution in [0.5, 0.6) is 0 Å². The van der Waals surface area contributed by atoms with Crippen molar-refractivity contribution in [1.82, 2.24) is 15.1 Å². The van der Waals surface area contributed by atoms with Crippen LogP contribution in [0.15, 0.2) is 47.1 Å². The highest BCUT2D eigenvalue weighted by atomic mass is 16.3. The van der Waals surface area contributed by atoms with Crippen molar-refractivity contribution in [2.24, 2.45) is 0 Å². The van der Waals surface area contributed by atoms with Gasteiger partial charge in [-0.15, -0.1) is 0 Å². The number of piperazine rings is 1. The first-order chi connectivity index (χ1) is 14.1. The van der Waals surface area contributed by atoms with E-state index in [2.05, 4.69) is 12.2 Å². The molecule has 7 heteroatoms. The van der Waals surface area contributed by atoms with Crippen LogP contribution in [-0.2, 0) is 11.2 Å². The highest BCUT2D eigenvalue weighted by molar-refractivity contribution is 5.94. The van der Waals surface area contributed by atoms with Gasteiger partial charge in [0.1, 0.15) is 0 Å². The number of hydrogen-bond acceptors (Lipinski definition) is 4. The molecule has 154 valence electrons. The molecule has 2 aromatic rings. The van der Waals surface area contributed by atoms with Crippen LogP contribution in [0, 0.1) is 0 Å². The summed E-state index contributed by atoms with van der Waals surface area (Å²) in [6.07, 6.45) is 3.32. The Hall–Kier alpha value is -3.09. The molecule has 3 amide bonds. The van der Waals surface area contributed by atoms with Gasteiger partial charge in [-0.1, -0.05) is 19.1 Å². The van der Waals surface area contributed by atoms with E-state index in [1.54, 1.807) is 21.9 Å². The molecule has 0 aliphatic carbocycles. The van der Waals surface area contributed by atoms with Gasteiger partial charge in [0.25, 0.3) is 11.8 Å². The molecule has 1 saturated heterocycles. The van der Waals surface area contributed by atoms with Gasteiger partial charge in [0, 0.05) is 44.7 Å². The molecule has 7 nitrogen and oxygen atoms in total. The van der Waals surface area contributed by atoms with Crippen LogP contribution in [0.2, 0.25) is 0 Å². The molecule has 0 spiro atoms. The molecule has 0 radical (unpaired) electrons. The predicted octanol–water partition coefficient (Wildman–Crippen LogP) is 2.34. The van der Waals surface area contributed by atoms with E-state index >= 15 is 0 Å². The van der Waals surface area contributed by atoms with E-state index in [9.17, 15) is 14.4 Å². The first-order valence-electron chi connectivity index (χ1n) is 10.1. The maximum atomic E-state index is 12.6. The van der Waals surface area contributed by atoms with Gasteiger partial charge in [0.05, 0.1) is 6.26 Å². The van der Waals surface area contributed by atoms with Gasteiger partial charge in [-0.25, -0.2) is 0 Å². The maximum Gasteiger partial charge on any atom is 0.286 e. The summed E-state index contributed by atoms with van der Waals surface area (Å²) >= 11 is 0. The van der Waals surface area contributed by atoms with Crippen LogP contribution in [0.1, 0.15) is 46.2 Å². The third kappa shape index (κ3) is 5.47. The Bertz CT molecular complexity index is 822. The number of nitrogens with zero attached hydrogens (tertiary/aromatic N) is 2. The third-order valence-corrected chi connectivity index (χ3v) is 5.13. The Labute approximate surface area is 170 Å². The minimum atomic E-state index is -0.276. The highest BCUT2D eigenvalue weighted by Crippen LogP contribution is 2.12. The molecule has 1 aliphatic rings. The number of rotatable bonds is 7. The Morgan fingerprint density at radius 3 is 2.31 bits per heavy atom. The Morgan fingerprint density at radius 2 is 1.69 bits per heavy atom. The van der Waals surface area contributed by atoms with E-state index in [-0.39, 0.29) is 23.5 Å². The monoisotopic (exact) mass is 397 g/mol. The van der Waals surface area contributed by atoms with E-state index in [1.807, 2.05) is 24.3 Å². The topological polar surface area (TPSA) is 82.9 Å². The summed E-state index contributed by atoms with van der Waals surface area (Å²) in [5, 5.41) is 2.74. The van der Waals surface area contributed by atoms with Crippen LogP contribution in [-0.4, -0.2) is 60.2 Å². The van der Waals surface area contributed by atoms with Crippen molar-refractivity contribution in [1.29, 1.82) is 0 Å². The second kappa shape index (κ2) is 9.91. The molecule has 1 N–H and O–H groups in total. The van der Waals surface area contributed by atoms with Crippen LogP contribution >= 0.6 is 0 Å². The number of furan rings is 1. The fourth-order valence-corrected chi connectivity index (χ4v) is 3.32. The predicted molar refractivity (Wildman–Crippen MR) is 109 cm³/mol. The van der Waals surface area contributed by atoms with E-state index in [4.69, 9.17) is 4.42 Å². The van der Waals surface area contributed by atoms with Gasteiger partial charge in [0.15, 0.2) is 5.76 Å². The smallest absolute Gasteiger partial charge is 0.286 e. The lowest BCUT2D eigenvalue weighted by Crippen LogP contribution is -2.50. The normalized spacial score (nSPS) is 14.0. The largest absolute Gasteiger partial charge is 0.459 e. The van der Waals surface area contributed by atoms with Gasteiger partial charge < -0.3 is 19.5 Å². The number of carbonyl (C=O) groups excluding carboxylic acids is 3. The summed E-state index contributed by atoms with van der Waals surface area (Å²) in [4.78, 5) is 40.4.